The molecule has 0 atom stereocenters. The van der Waals surface area contributed by atoms with Crippen molar-refractivity contribution in [3.05, 3.63) is 36.6 Å². The number of halogens is 1. The molecule has 0 saturated carbocycles. The third-order valence-corrected chi connectivity index (χ3v) is 4.19. The van der Waals surface area contributed by atoms with Gasteiger partial charge in [0.15, 0.2) is 17.5 Å². The lowest BCUT2D eigenvalue weighted by molar-refractivity contribution is 0.479. The van der Waals surface area contributed by atoms with Crippen molar-refractivity contribution in [3.63, 3.8) is 0 Å². The Balaban J connectivity index is 1.53. The lowest BCUT2D eigenvalue weighted by Crippen LogP contribution is -2.59. The lowest BCUT2D eigenvalue weighted by atomic mass is 10.1. The van der Waals surface area contributed by atoms with Gasteiger partial charge in [0, 0.05) is 32.5 Å². The molecule has 23 heavy (non-hydrogen) atoms. The summed E-state index contributed by atoms with van der Waals surface area (Å²) in [5, 5.41) is 7.99. The van der Waals surface area contributed by atoms with Crippen LogP contribution in [0.25, 0.3) is 5.65 Å². The van der Waals surface area contributed by atoms with Crippen LogP contribution in [0.3, 0.4) is 0 Å². The molecule has 4 heterocycles. The van der Waals surface area contributed by atoms with Crippen molar-refractivity contribution in [3.8, 4) is 0 Å². The summed E-state index contributed by atoms with van der Waals surface area (Å²) in [6.07, 6.45) is 6.56. The van der Waals surface area contributed by atoms with Crippen molar-refractivity contribution in [2.24, 2.45) is 0 Å². The van der Waals surface area contributed by atoms with Crippen molar-refractivity contribution >= 4 is 17.3 Å². The van der Waals surface area contributed by atoms with Crippen LogP contribution in [-0.2, 0) is 0 Å². The van der Waals surface area contributed by atoms with Crippen LogP contribution in [0.5, 0.6) is 0 Å². The number of fused-ring (bicyclic) bond motifs is 1. The van der Waals surface area contributed by atoms with Gasteiger partial charge in [-0.25, -0.2) is 19.3 Å². The number of nitrogens with zero attached hydrogens (tertiary/aromatic N) is 8. The molecule has 0 aliphatic carbocycles. The summed E-state index contributed by atoms with van der Waals surface area (Å²) in [4.78, 5) is 16.3. The Morgan fingerprint density at radius 3 is 2.91 bits per heavy atom. The Morgan fingerprint density at radius 2 is 2.09 bits per heavy atom. The molecule has 0 N–H and O–H groups in total. The number of hydrogen-bond donors (Lipinski definition) is 0. The summed E-state index contributed by atoms with van der Waals surface area (Å²) in [5.74, 6) is 0.746. The zero-order chi connectivity index (χ0) is 16.0. The van der Waals surface area contributed by atoms with Crippen LogP contribution in [0, 0.1) is 12.7 Å². The Hall–Kier alpha value is -2.84. The third kappa shape index (κ3) is 2.16. The Bertz CT molecular complexity index is 857. The molecule has 1 aliphatic heterocycles. The number of aryl methyl sites for hydroxylation is 1. The molecule has 0 bridgehead atoms. The average Bonchev–Trinajstić information content (AvgIpc) is 2.97. The Kier molecular flexibility index (Phi) is 3.07. The van der Waals surface area contributed by atoms with Crippen LogP contribution < -0.4 is 9.80 Å². The van der Waals surface area contributed by atoms with Crippen molar-refractivity contribution < 1.29 is 4.39 Å². The minimum absolute atomic E-state index is 0.156. The highest BCUT2D eigenvalue weighted by Gasteiger charge is 2.34. The summed E-state index contributed by atoms with van der Waals surface area (Å²) in [6, 6.07) is 0.156. The maximum Gasteiger partial charge on any atom is 0.203 e. The normalized spacial score (nSPS) is 15.0. The number of aromatic nitrogens is 6. The highest BCUT2D eigenvalue weighted by Crippen LogP contribution is 2.27. The van der Waals surface area contributed by atoms with Crippen LogP contribution >= 0.6 is 0 Å². The molecule has 4 rings (SSSR count). The number of likely N-dealkylation sites (N-methyl/N-ethyl adjacent to an activating group) is 1. The molecule has 9 heteroatoms. The summed E-state index contributed by atoms with van der Waals surface area (Å²) in [5.41, 5.74) is 1.07. The zero-order valence-corrected chi connectivity index (χ0v) is 12.8. The largest absolute Gasteiger partial charge is 0.351 e. The van der Waals surface area contributed by atoms with Crippen molar-refractivity contribution in [2.75, 3.05) is 29.9 Å². The van der Waals surface area contributed by atoms with E-state index in [1.54, 1.807) is 25.6 Å². The van der Waals surface area contributed by atoms with Crippen LogP contribution in [0.15, 0.2) is 25.0 Å². The maximum absolute atomic E-state index is 14.1. The van der Waals surface area contributed by atoms with E-state index in [-0.39, 0.29) is 11.9 Å². The van der Waals surface area contributed by atoms with E-state index in [9.17, 15) is 4.39 Å². The molecule has 0 aromatic carbocycles. The molecule has 1 saturated heterocycles. The van der Waals surface area contributed by atoms with E-state index in [2.05, 4.69) is 30.0 Å². The molecule has 1 aliphatic rings. The van der Waals surface area contributed by atoms with Gasteiger partial charge in [0.05, 0.1) is 11.7 Å². The van der Waals surface area contributed by atoms with E-state index in [0.717, 1.165) is 24.6 Å². The van der Waals surface area contributed by atoms with Gasteiger partial charge in [0.2, 0.25) is 5.65 Å². The zero-order valence-electron chi connectivity index (χ0n) is 12.8. The molecule has 0 radical (unpaired) electrons. The second kappa shape index (κ2) is 5.11. The number of rotatable bonds is 3. The van der Waals surface area contributed by atoms with E-state index in [1.165, 1.54) is 6.33 Å². The lowest BCUT2D eigenvalue weighted by Gasteiger charge is -2.44. The van der Waals surface area contributed by atoms with E-state index < -0.39 is 0 Å². The molecule has 3 aromatic heterocycles. The summed E-state index contributed by atoms with van der Waals surface area (Å²) < 4.78 is 16.0. The predicted molar refractivity (Wildman–Crippen MR) is 81.9 cm³/mol. The number of hydrogen-bond acceptors (Lipinski definition) is 7. The second-order valence-corrected chi connectivity index (χ2v) is 5.58. The van der Waals surface area contributed by atoms with Gasteiger partial charge in [0.25, 0.3) is 0 Å². The van der Waals surface area contributed by atoms with Gasteiger partial charge in [-0.3, -0.25) is 4.40 Å². The fourth-order valence-electron chi connectivity index (χ4n) is 2.71. The Labute approximate surface area is 131 Å². The molecular weight excluding hydrogens is 299 g/mol. The SMILES string of the molecule is Cc1ncnc(N(C)C2CN(c3nccn4cnnc34)C2)c1F. The Morgan fingerprint density at radius 1 is 1.26 bits per heavy atom. The molecule has 0 amide bonds. The minimum Gasteiger partial charge on any atom is -0.351 e. The van der Waals surface area contributed by atoms with E-state index in [1.807, 2.05) is 16.3 Å². The van der Waals surface area contributed by atoms with Gasteiger partial charge in [-0.05, 0) is 6.92 Å². The van der Waals surface area contributed by atoms with Gasteiger partial charge in [-0.2, -0.15) is 0 Å². The van der Waals surface area contributed by atoms with Crippen molar-refractivity contribution in [1.82, 2.24) is 29.5 Å². The quantitative estimate of drug-likeness (QED) is 0.704. The van der Waals surface area contributed by atoms with Crippen molar-refractivity contribution in [2.45, 2.75) is 13.0 Å². The highest BCUT2D eigenvalue weighted by atomic mass is 19.1. The monoisotopic (exact) mass is 314 g/mol. The van der Waals surface area contributed by atoms with Crippen LogP contribution in [0.4, 0.5) is 16.0 Å². The highest BCUT2D eigenvalue weighted by molar-refractivity contribution is 5.65. The van der Waals surface area contributed by atoms with Gasteiger partial charge in [-0.15, -0.1) is 10.2 Å². The molecule has 3 aromatic rings. The first-order valence-corrected chi connectivity index (χ1v) is 7.24. The summed E-state index contributed by atoms with van der Waals surface area (Å²) >= 11 is 0. The smallest absolute Gasteiger partial charge is 0.203 e. The third-order valence-electron chi connectivity index (χ3n) is 4.19. The number of anilines is 2. The summed E-state index contributed by atoms with van der Waals surface area (Å²) in [7, 11) is 1.85. The van der Waals surface area contributed by atoms with Gasteiger partial charge in [-0.1, -0.05) is 0 Å². The van der Waals surface area contributed by atoms with E-state index in [0.29, 0.717) is 11.5 Å². The van der Waals surface area contributed by atoms with Crippen LogP contribution in [0.2, 0.25) is 0 Å². The fraction of sp³-hybridized carbons (Fsp3) is 0.357. The van der Waals surface area contributed by atoms with Crippen molar-refractivity contribution in [1.29, 1.82) is 0 Å². The molecule has 8 nitrogen and oxygen atoms in total. The van der Waals surface area contributed by atoms with E-state index >= 15 is 0 Å². The molecule has 118 valence electrons. The fourth-order valence-corrected chi connectivity index (χ4v) is 2.71. The first-order valence-electron chi connectivity index (χ1n) is 7.24. The van der Waals surface area contributed by atoms with Gasteiger partial charge >= 0.3 is 0 Å². The molecule has 0 unspecified atom stereocenters. The van der Waals surface area contributed by atoms with Gasteiger partial charge < -0.3 is 9.80 Å². The predicted octanol–water partition coefficient (Wildman–Crippen LogP) is 0.687. The molecular formula is C14H15FN8. The average molecular weight is 314 g/mol. The first-order chi connectivity index (χ1) is 11.1. The first kappa shape index (κ1) is 13.8. The minimum atomic E-state index is -0.369. The topological polar surface area (TPSA) is 75.3 Å². The molecule has 1 fully saturated rings. The maximum atomic E-state index is 14.1. The second-order valence-electron chi connectivity index (χ2n) is 5.58. The van der Waals surface area contributed by atoms with Crippen LogP contribution in [-0.4, -0.2) is 55.7 Å². The summed E-state index contributed by atoms with van der Waals surface area (Å²) in [6.45, 7) is 3.08. The standard InChI is InChI=1S/C14H15FN8/c1-9-11(15)12(18-7-17-9)21(2)10-5-23(6-10)13-14-20-19-8-22(14)4-3-16-13/h3-4,7-8,10H,5-6H2,1-2H3. The van der Waals surface area contributed by atoms with E-state index in [4.69, 9.17) is 0 Å². The van der Waals surface area contributed by atoms with Gasteiger partial charge in [0.1, 0.15) is 12.7 Å². The van der Waals surface area contributed by atoms with Crippen LogP contribution in [0.1, 0.15) is 5.69 Å². The molecule has 0 spiro atoms.